The predicted molar refractivity (Wildman–Crippen MR) is 92.2 cm³/mol. The Kier molecular flexibility index (Phi) is 5.55. The normalized spacial score (nSPS) is 10.6. The van der Waals surface area contributed by atoms with Crippen molar-refractivity contribution in [3.63, 3.8) is 0 Å². The van der Waals surface area contributed by atoms with Crippen LogP contribution in [0.2, 0.25) is 0 Å². The Balaban J connectivity index is 2.17. The van der Waals surface area contributed by atoms with Crippen LogP contribution in [0.25, 0.3) is 0 Å². The van der Waals surface area contributed by atoms with E-state index in [0.29, 0.717) is 10.0 Å². The monoisotopic (exact) mass is 409 g/mol. The molecule has 25 heavy (non-hydrogen) atoms. The molecule has 0 aliphatic carbocycles. The Labute approximate surface area is 149 Å². The molecule has 0 saturated carbocycles. The fraction of sp³-hybridized carbons (Fsp3) is 0.0667. The first-order chi connectivity index (χ1) is 11.8. The number of hydrogen-bond donors (Lipinski definition) is 3. The van der Waals surface area contributed by atoms with Gasteiger partial charge in [-0.1, -0.05) is 0 Å². The van der Waals surface area contributed by atoms with Crippen LogP contribution in [-0.4, -0.2) is 34.4 Å². The third kappa shape index (κ3) is 4.23. The van der Waals surface area contributed by atoms with Crippen LogP contribution in [0, 0.1) is 10.1 Å². The number of nitrogens with one attached hydrogen (secondary N) is 1. The first-order valence-corrected chi connectivity index (χ1v) is 7.50. The maximum Gasteiger partial charge on any atom is 0.275 e. The second-order valence-corrected chi connectivity index (χ2v) is 5.57. The van der Waals surface area contributed by atoms with Gasteiger partial charge in [-0.05, 0) is 39.7 Å². The number of non-ortho nitro benzene ring substituents is 1. The van der Waals surface area contributed by atoms with E-state index in [1.165, 1.54) is 19.4 Å². The van der Waals surface area contributed by atoms with E-state index in [1.807, 2.05) is 0 Å². The highest BCUT2D eigenvalue weighted by Crippen LogP contribution is 2.34. The van der Waals surface area contributed by atoms with Crippen molar-refractivity contribution in [2.45, 2.75) is 0 Å². The number of nitro benzene ring substituents is 1. The summed E-state index contributed by atoms with van der Waals surface area (Å²) in [5, 5.41) is 33.8. The zero-order valence-electron chi connectivity index (χ0n) is 12.8. The van der Waals surface area contributed by atoms with Gasteiger partial charge in [-0.2, -0.15) is 5.10 Å². The number of hydrogen-bond acceptors (Lipinski definition) is 7. The zero-order chi connectivity index (χ0) is 18.6. The highest BCUT2D eigenvalue weighted by Gasteiger charge is 2.16. The summed E-state index contributed by atoms with van der Waals surface area (Å²) < 4.78 is 5.36. The van der Waals surface area contributed by atoms with E-state index >= 15 is 0 Å². The molecule has 0 atom stereocenters. The number of nitro groups is 1. The smallest absolute Gasteiger partial charge is 0.275 e. The summed E-state index contributed by atoms with van der Waals surface area (Å²) in [6.45, 7) is 0. The first kappa shape index (κ1) is 18.2. The molecular weight excluding hydrogens is 398 g/mol. The van der Waals surface area contributed by atoms with Crippen LogP contribution in [0.1, 0.15) is 15.9 Å². The number of halogens is 1. The summed E-state index contributed by atoms with van der Waals surface area (Å²) in [7, 11) is 1.38. The van der Waals surface area contributed by atoms with Crippen molar-refractivity contribution in [1.82, 2.24) is 5.43 Å². The molecule has 10 heteroatoms. The number of ether oxygens (including phenoxy) is 1. The number of hydrazone groups is 1. The number of nitrogens with zero attached hydrogens (tertiary/aromatic N) is 2. The van der Waals surface area contributed by atoms with Gasteiger partial charge in [-0.25, -0.2) is 5.43 Å². The van der Waals surface area contributed by atoms with Crippen molar-refractivity contribution in [2.24, 2.45) is 5.10 Å². The number of benzene rings is 2. The molecule has 2 aromatic rings. The molecule has 0 bridgehead atoms. The fourth-order valence-corrected chi connectivity index (χ4v) is 2.33. The molecule has 0 aliphatic heterocycles. The summed E-state index contributed by atoms with van der Waals surface area (Å²) in [5.74, 6) is -1.10. The lowest BCUT2D eigenvalue weighted by Gasteiger charge is -2.06. The van der Waals surface area contributed by atoms with E-state index in [4.69, 9.17) is 4.74 Å². The van der Waals surface area contributed by atoms with Crippen molar-refractivity contribution >= 4 is 33.7 Å². The molecule has 3 N–H and O–H groups in total. The molecule has 0 spiro atoms. The minimum Gasteiger partial charge on any atom is -0.507 e. The van der Waals surface area contributed by atoms with E-state index in [9.17, 15) is 25.1 Å². The topological polar surface area (TPSA) is 134 Å². The van der Waals surface area contributed by atoms with Crippen molar-refractivity contribution in [2.75, 3.05) is 7.11 Å². The molecule has 0 fully saturated rings. The van der Waals surface area contributed by atoms with Crippen LogP contribution in [0.4, 0.5) is 5.69 Å². The number of aromatic hydroxyl groups is 2. The Morgan fingerprint density at radius 2 is 2.08 bits per heavy atom. The van der Waals surface area contributed by atoms with Crippen LogP contribution in [0.15, 0.2) is 39.9 Å². The molecule has 0 aromatic heterocycles. The molecule has 2 aromatic carbocycles. The molecular formula is C15H12BrN3O6. The Bertz CT molecular complexity index is 869. The van der Waals surface area contributed by atoms with Crippen LogP contribution in [0.3, 0.4) is 0 Å². The predicted octanol–water partition coefficient (Wildman–Crippen LogP) is 2.54. The maximum absolute atomic E-state index is 12.0. The number of rotatable bonds is 5. The van der Waals surface area contributed by atoms with Crippen LogP contribution >= 0.6 is 15.9 Å². The van der Waals surface area contributed by atoms with Crippen LogP contribution in [-0.2, 0) is 0 Å². The van der Waals surface area contributed by atoms with Gasteiger partial charge in [0.05, 0.1) is 28.3 Å². The largest absolute Gasteiger partial charge is 0.507 e. The molecule has 0 saturated heterocycles. The Morgan fingerprint density at radius 1 is 1.36 bits per heavy atom. The van der Waals surface area contributed by atoms with E-state index in [2.05, 4.69) is 26.5 Å². The van der Waals surface area contributed by atoms with E-state index in [1.54, 1.807) is 6.07 Å². The van der Waals surface area contributed by atoms with Gasteiger partial charge in [-0.15, -0.1) is 0 Å². The molecule has 1 amide bonds. The van der Waals surface area contributed by atoms with E-state index in [-0.39, 0.29) is 22.7 Å². The van der Waals surface area contributed by atoms with Gasteiger partial charge in [0, 0.05) is 12.1 Å². The summed E-state index contributed by atoms with van der Waals surface area (Å²) in [6.07, 6.45) is 1.28. The standard InChI is InChI=1S/C15H12BrN3O6/c1-25-13-5-8(4-11(16)14(13)21)7-17-18-15(22)10-6-9(19(23)24)2-3-12(10)20/h2-7,20-21H,1H3,(H,18,22)/b17-7-. The van der Waals surface area contributed by atoms with Crippen molar-refractivity contribution < 1.29 is 24.7 Å². The second kappa shape index (κ2) is 7.62. The van der Waals surface area contributed by atoms with Gasteiger partial charge in [0.25, 0.3) is 11.6 Å². The van der Waals surface area contributed by atoms with Gasteiger partial charge in [-0.3, -0.25) is 14.9 Å². The molecule has 0 heterocycles. The lowest BCUT2D eigenvalue weighted by Crippen LogP contribution is -2.18. The first-order valence-electron chi connectivity index (χ1n) is 6.70. The molecule has 0 unspecified atom stereocenters. The quantitative estimate of drug-likeness (QED) is 0.394. The lowest BCUT2D eigenvalue weighted by atomic mass is 10.1. The van der Waals surface area contributed by atoms with Crippen molar-refractivity contribution in [1.29, 1.82) is 0 Å². The van der Waals surface area contributed by atoms with Gasteiger partial charge in [0.15, 0.2) is 11.5 Å². The SMILES string of the molecule is COc1cc(/C=N\NC(=O)c2cc([N+](=O)[O-])ccc2O)cc(Br)c1O. The van der Waals surface area contributed by atoms with Crippen LogP contribution in [0.5, 0.6) is 17.2 Å². The molecule has 130 valence electrons. The number of phenols is 2. The van der Waals surface area contributed by atoms with Gasteiger partial charge >= 0.3 is 0 Å². The Morgan fingerprint density at radius 3 is 2.72 bits per heavy atom. The highest BCUT2D eigenvalue weighted by molar-refractivity contribution is 9.10. The van der Waals surface area contributed by atoms with Gasteiger partial charge < -0.3 is 14.9 Å². The summed E-state index contributed by atoms with van der Waals surface area (Å²) in [6, 6.07) is 6.10. The summed E-state index contributed by atoms with van der Waals surface area (Å²) >= 11 is 3.15. The van der Waals surface area contributed by atoms with Gasteiger partial charge in [0.1, 0.15) is 5.75 Å². The van der Waals surface area contributed by atoms with Crippen LogP contribution < -0.4 is 10.2 Å². The highest BCUT2D eigenvalue weighted by atomic mass is 79.9. The fourth-order valence-electron chi connectivity index (χ4n) is 1.87. The Hall–Kier alpha value is -3.14. The number of methoxy groups -OCH3 is 1. The average molecular weight is 410 g/mol. The van der Waals surface area contributed by atoms with Crippen molar-refractivity contribution in [3.05, 3.63) is 56.0 Å². The minimum atomic E-state index is -0.817. The number of phenolic OH excluding ortho intramolecular Hbond substituents is 2. The molecule has 0 radical (unpaired) electrons. The average Bonchev–Trinajstić information content (AvgIpc) is 2.57. The molecule has 2 rings (SSSR count). The molecule has 9 nitrogen and oxygen atoms in total. The zero-order valence-corrected chi connectivity index (χ0v) is 14.3. The number of carbonyl (C=O) groups is 1. The minimum absolute atomic E-state index is 0.0785. The van der Waals surface area contributed by atoms with Crippen molar-refractivity contribution in [3.8, 4) is 17.2 Å². The van der Waals surface area contributed by atoms with E-state index in [0.717, 1.165) is 18.2 Å². The molecule has 0 aliphatic rings. The summed E-state index contributed by atoms with van der Waals surface area (Å²) in [5.41, 5.74) is 2.04. The van der Waals surface area contributed by atoms with Gasteiger partial charge in [0.2, 0.25) is 0 Å². The third-order valence-electron chi connectivity index (χ3n) is 3.09. The summed E-state index contributed by atoms with van der Waals surface area (Å²) in [4.78, 5) is 22.0. The third-order valence-corrected chi connectivity index (χ3v) is 3.69. The number of carbonyl (C=O) groups excluding carboxylic acids is 1. The maximum atomic E-state index is 12.0. The second-order valence-electron chi connectivity index (χ2n) is 4.71. The lowest BCUT2D eigenvalue weighted by molar-refractivity contribution is -0.384. The van der Waals surface area contributed by atoms with E-state index < -0.39 is 16.6 Å². The number of amides is 1.